The molecule has 0 saturated heterocycles. The number of halogens is 2. The minimum Gasteiger partial charge on any atom is -0.462 e. The summed E-state index contributed by atoms with van der Waals surface area (Å²) in [7, 11) is 0. The maximum absolute atomic E-state index is 11.5. The van der Waals surface area contributed by atoms with Gasteiger partial charge in [0.1, 0.15) is 0 Å². The van der Waals surface area contributed by atoms with Crippen LogP contribution in [0.1, 0.15) is 18.9 Å². The Bertz CT molecular complexity index is 574. The van der Waals surface area contributed by atoms with Crippen LogP contribution in [0.3, 0.4) is 0 Å². The highest BCUT2D eigenvalue weighted by atomic mass is 35.5. The van der Waals surface area contributed by atoms with Crippen molar-refractivity contribution < 1.29 is 19.1 Å². The molecule has 0 heterocycles. The van der Waals surface area contributed by atoms with E-state index >= 15 is 0 Å². The molecule has 0 N–H and O–H groups in total. The third-order valence-electron chi connectivity index (χ3n) is 2.41. The molecular weight excluding hydrogens is 327 g/mol. The topological polar surface area (TPSA) is 52.6 Å². The molecule has 0 spiro atoms. The summed E-state index contributed by atoms with van der Waals surface area (Å²) in [6.45, 7) is 5.35. The first-order valence-electron chi connectivity index (χ1n) is 6.52. The van der Waals surface area contributed by atoms with Gasteiger partial charge in [0.15, 0.2) is 0 Å². The van der Waals surface area contributed by atoms with Gasteiger partial charge in [-0.2, -0.15) is 0 Å². The maximum atomic E-state index is 11.5. The second-order valence-electron chi connectivity index (χ2n) is 4.47. The zero-order chi connectivity index (χ0) is 16.5. The van der Waals surface area contributed by atoms with Gasteiger partial charge in [0.05, 0.1) is 13.2 Å². The maximum Gasteiger partial charge on any atom is 0.333 e. The lowest BCUT2D eigenvalue weighted by atomic mass is 10.2. The monoisotopic (exact) mass is 342 g/mol. The highest BCUT2D eigenvalue weighted by molar-refractivity contribution is 6.34. The molecular formula is C16H16Cl2O4. The molecule has 1 rings (SSSR count). The zero-order valence-electron chi connectivity index (χ0n) is 12.1. The van der Waals surface area contributed by atoms with Crippen LogP contribution < -0.4 is 0 Å². The fourth-order valence-corrected chi connectivity index (χ4v) is 1.95. The summed E-state index contributed by atoms with van der Waals surface area (Å²) in [5, 5.41) is 0.972. The Morgan fingerprint density at radius 1 is 1.14 bits per heavy atom. The second-order valence-corrected chi connectivity index (χ2v) is 5.35. The fraction of sp³-hybridized carbons (Fsp3) is 0.250. The molecule has 1 aromatic rings. The van der Waals surface area contributed by atoms with Crippen LogP contribution in [0.25, 0.3) is 6.08 Å². The lowest BCUT2D eigenvalue weighted by Gasteiger charge is -2.04. The van der Waals surface area contributed by atoms with Crippen molar-refractivity contribution in [1.82, 2.24) is 0 Å². The van der Waals surface area contributed by atoms with E-state index in [1.807, 2.05) is 0 Å². The van der Waals surface area contributed by atoms with E-state index in [9.17, 15) is 9.59 Å². The van der Waals surface area contributed by atoms with E-state index in [0.717, 1.165) is 0 Å². The third kappa shape index (κ3) is 7.29. The first kappa shape index (κ1) is 18.3. The Hall–Kier alpha value is -1.78. The van der Waals surface area contributed by atoms with Crippen LogP contribution in [0.5, 0.6) is 0 Å². The van der Waals surface area contributed by atoms with E-state index in [2.05, 4.69) is 6.58 Å². The number of hydrogen-bond donors (Lipinski definition) is 0. The minimum atomic E-state index is -0.498. The first-order valence-corrected chi connectivity index (χ1v) is 7.27. The highest BCUT2D eigenvalue weighted by Gasteiger charge is 2.03. The Morgan fingerprint density at radius 3 is 2.32 bits per heavy atom. The van der Waals surface area contributed by atoms with E-state index < -0.39 is 11.9 Å². The largest absolute Gasteiger partial charge is 0.462 e. The summed E-state index contributed by atoms with van der Waals surface area (Å²) < 4.78 is 9.82. The van der Waals surface area contributed by atoms with Gasteiger partial charge in [0.2, 0.25) is 0 Å². The van der Waals surface area contributed by atoms with Crippen molar-refractivity contribution in [3.8, 4) is 0 Å². The average Bonchev–Trinajstić information content (AvgIpc) is 2.43. The van der Waals surface area contributed by atoms with Crippen molar-refractivity contribution in [2.75, 3.05) is 13.2 Å². The SMILES string of the molecule is C=C(C)C(=O)OCCCOC(=O)/C=C/c1cc(Cl)cc(Cl)c1. The van der Waals surface area contributed by atoms with E-state index in [1.54, 1.807) is 31.2 Å². The van der Waals surface area contributed by atoms with Gasteiger partial charge in [0.25, 0.3) is 0 Å². The molecule has 0 atom stereocenters. The van der Waals surface area contributed by atoms with Gasteiger partial charge in [-0.1, -0.05) is 29.8 Å². The number of benzene rings is 1. The molecule has 118 valence electrons. The molecule has 0 aliphatic carbocycles. The van der Waals surface area contributed by atoms with Crippen LogP contribution in [0.2, 0.25) is 10.0 Å². The number of esters is 2. The molecule has 6 heteroatoms. The normalized spacial score (nSPS) is 10.5. The fourth-order valence-electron chi connectivity index (χ4n) is 1.40. The molecule has 22 heavy (non-hydrogen) atoms. The molecule has 0 aliphatic rings. The van der Waals surface area contributed by atoms with Crippen molar-refractivity contribution in [3.63, 3.8) is 0 Å². The van der Waals surface area contributed by atoms with Crippen LogP contribution in [-0.2, 0) is 19.1 Å². The molecule has 0 saturated carbocycles. The van der Waals surface area contributed by atoms with Crippen LogP contribution in [-0.4, -0.2) is 25.2 Å². The number of carbonyl (C=O) groups excluding carboxylic acids is 2. The van der Waals surface area contributed by atoms with E-state index in [0.29, 0.717) is 27.6 Å². The van der Waals surface area contributed by atoms with Gasteiger partial charge < -0.3 is 9.47 Å². The molecule has 0 aromatic heterocycles. The zero-order valence-corrected chi connectivity index (χ0v) is 13.6. The third-order valence-corrected chi connectivity index (χ3v) is 2.85. The molecule has 0 radical (unpaired) electrons. The molecule has 0 bridgehead atoms. The molecule has 0 aliphatic heterocycles. The van der Waals surface area contributed by atoms with Crippen LogP contribution in [0.15, 0.2) is 36.4 Å². The van der Waals surface area contributed by atoms with Gasteiger partial charge in [-0.3, -0.25) is 0 Å². The van der Waals surface area contributed by atoms with Gasteiger partial charge in [0, 0.05) is 28.1 Å². The minimum absolute atomic E-state index is 0.156. The highest BCUT2D eigenvalue weighted by Crippen LogP contribution is 2.19. The van der Waals surface area contributed by atoms with Crippen molar-refractivity contribution in [1.29, 1.82) is 0 Å². The quantitative estimate of drug-likeness (QED) is 0.426. The van der Waals surface area contributed by atoms with Gasteiger partial charge in [-0.15, -0.1) is 0 Å². The molecule has 0 fully saturated rings. The van der Waals surface area contributed by atoms with Gasteiger partial charge in [-0.25, -0.2) is 9.59 Å². The number of hydrogen-bond acceptors (Lipinski definition) is 4. The summed E-state index contributed by atoms with van der Waals surface area (Å²) >= 11 is 11.7. The van der Waals surface area contributed by atoms with Crippen molar-refractivity contribution in [2.24, 2.45) is 0 Å². The van der Waals surface area contributed by atoms with Gasteiger partial charge in [-0.05, 0) is 36.8 Å². The lowest BCUT2D eigenvalue weighted by molar-refractivity contribution is -0.140. The van der Waals surface area contributed by atoms with Crippen molar-refractivity contribution in [2.45, 2.75) is 13.3 Å². The van der Waals surface area contributed by atoms with Gasteiger partial charge >= 0.3 is 11.9 Å². The predicted molar refractivity (Wildman–Crippen MR) is 86.8 cm³/mol. The van der Waals surface area contributed by atoms with Crippen molar-refractivity contribution >= 4 is 41.2 Å². The Morgan fingerprint density at radius 2 is 1.73 bits per heavy atom. The molecule has 0 amide bonds. The van der Waals surface area contributed by atoms with Crippen LogP contribution in [0, 0.1) is 0 Å². The summed E-state index contributed by atoms with van der Waals surface area (Å²) in [4.78, 5) is 22.6. The van der Waals surface area contributed by atoms with Crippen LogP contribution >= 0.6 is 23.2 Å². The number of carbonyl (C=O) groups is 2. The Balaban J connectivity index is 2.30. The Kier molecular flexibility index (Phi) is 7.71. The summed E-state index contributed by atoms with van der Waals surface area (Å²) in [5.41, 5.74) is 1.03. The average molecular weight is 343 g/mol. The molecule has 4 nitrogen and oxygen atoms in total. The van der Waals surface area contributed by atoms with Crippen LogP contribution in [0.4, 0.5) is 0 Å². The second kappa shape index (κ2) is 9.28. The molecule has 0 unspecified atom stereocenters. The lowest BCUT2D eigenvalue weighted by Crippen LogP contribution is -2.09. The molecule has 1 aromatic carbocycles. The van der Waals surface area contributed by atoms with Crippen molar-refractivity contribution in [3.05, 3.63) is 52.0 Å². The standard InChI is InChI=1S/C16H16Cl2O4/c1-11(2)16(20)22-7-3-6-21-15(19)5-4-12-8-13(17)10-14(18)9-12/h4-5,8-10H,1,3,6-7H2,2H3/b5-4+. The summed E-state index contributed by atoms with van der Waals surface area (Å²) in [5.74, 6) is -0.952. The first-order chi connectivity index (χ1) is 10.4. The number of rotatable bonds is 7. The van der Waals surface area contributed by atoms with E-state index in [-0.39, 0.29) is 13.2 Å². The summed E-state index contributed by atoms with van der Waals surface area (Å²) in [6.07, 6.45) is 3.25. The summed E-state index contributed by atoms with van der Waals surface area (Å²) in [6, 6.07) is 4.95. The van der Waals surface area contributed by atoms with E-state index in [4.69, 9.17) is 32.7 Å². The Labute approximate surface area is 139 Å². The van der Waals surface area contributed by atoms with E-state index in [1.165, 1.54) is 6.08 Å². The smallest absolute Gasteiger partial charge is 0.333 e. The predicted octanol–water partition coefficient (Wildman–Crippen LogP) is 4.06. The number of ether oxygens (including phenoxy) is 2.